The van der Waals surface area contributed by atoms with E-state index < -0.39 is 23.7 Å². The summed E-state index contributed by atoms with van der Waals surface area (Å²) in [4.78, 5) is 30.5. The van der Waals surface area contributed by atoms with Crippen LogP contribution < -0.4 is 5.32 Å². The molecule has 162 valence electrons. The first-order valence-electron chi connectivity index (χ1n) is 9.57. The van der Waals surface area contributed by atoms with E-state index in [0.717, 1.165) is 12.1 Å². The van der Waals surface area contributed by atoms with Crippen LogP contribution in [-0.4, -0.2) is 35.8 Å². The number of alkyl halides is 3. The molecule has 0 aliphatic heterocycles. The number of aromatic nitrogens is 1. The van der Waals surface area contributed by atoms with Crippen molar-refractivity contribution in [2.75, 3.05) is 14.1 Å². The van der Waals surface area contributed by atoms with Gasteiger partial charge in [-0.2, -0.15) is 13.2 Å². The molecule has 2 amide bonds. The van der Waals surface area contributed by atoms with Crippen molar-refractivity contribution in [3.8, 4) is 0 Å². The number of carbonyl (C=O) groups is 2. The summed E-state index contributed by atoms with van der Waals surface area (Å²) in [6.45, 7) is 5.48. The normalized spacial score (nSPS) is 12.6. The van der Waals surface area contributed by atoms with Crippen LogP contribution in [0.25, 0.3) is 0 Å². The van der Waals surface area contributed by atoms with Gasteiger partial charge in [-0.05, 0) is 49.1 Å². The maximum atomic E-state index is 13.1. The van der Waals surface area contributed by atoms with E-state index in [1.807, 2.05) is 13.8 Å². The zero-order valence-corrected chi connectivity index (χ0v) is 17.7. The van der Waals surface area contributed by atoms with Crippen molar-refractivity contribution in [1.82, 2.24) is 15.2 Å². The van der Waals surface area contributed by atoms with E-state index in [0.29, 0.717) is 17.7 Å². The van der Waals surface area contributed by atoms with E-state index in [1.54, 1.807) is 27.1 Å². The first kappa shape index (κ1) is 23.4. The molecule has 1 aromatic heterocycles. The Bertz CT molecular complexity index is 924. The Balaban J connectivity index is 2.31. The Morgan fingerprint density at radius 1 is 1.13 bits per heavy atom. The lowest BCUT2D eigenvalue weighted by Crippen LogP contribution is -2.31. The molecule has 8 heteroatoms. The highest BCUT2D eigenvalue weighted by molar-refractivity contribution is 5.97. The third kappa shape index (κ3) is 5.81. The van der Waals surface area contributed by atoms with Crippen molar-refractivity contribution in [1.29, 1.82) is 0 Å². The molecule has 1 heterocycles. The minimum atomic E-state index is -4.46. The van der Waals surface area contributed by atoms with Gasteiger partial charge in [-0.25, -0.2) is 4.98 Å². The molecule has 0 saturated carbocycles. The SMILES string of the molecule is Cc1nc(C(=O)N(C)C)ccc1C(=O)NC(CC(C)C)c1cccc(C(F)(F)F)c1. The van der Waals surface area contributed by atoms with Crippen molar-refractivity contribution in [2.45, 2.75) is 39.4 Å². The molecule has 0 radical (unpaired) electrons. The van der Waals surface area contributed by atoms with Gasteiger partial charge in [-0.15, -0.1) is 0 Å². The van der Waals surface area contributed by atoms with Crippen molar-refractivity contribution in [3.63, 3.8) is 0 Å². The van der Waals surface area contributed by atoms with Gasteiger partial charge >= 0.3 is 6.18 Å². The summed E-state index contributed by atoms with van der Waals surface area (Å²) in [5.74, 6) is -0.595. The molecular formula is C22H26F3N3O2. The van der Waals surface area contributed by atoms with Crippen LogP contribution in [0.15, 0.2) is 36.4 Å². The van der Waals surface area contributed by atoms with Gasteiger partial charge < -0.3 is 10.2 Å². The number of carbonyl (C=O) groups excluding carboxylic acids is 2. The summed E-state index contributed by atoms with van der Waals surface area (Å²) < 4.78 is 39.3. The molecule has 0 spiro atoms. The van der Waals surface area contributed by atoms with Crippen LogP contribution >= 0.6 is 0 Å². The summed E-state index contributed by atoms with van der Waals surface area (Å²) >= 11 is 0. The van der Waals surface area contributed by atoms with Gasteiger partial charge in [0, 0.05) is 14.1 Å². The zero-order chi connectivity index (χ0) is 22.6. The highest BCUT2D eigenvalue weighted by atomic mass is 19.4. The number of aryl methyl sites for hydroxylation is 1. The molecule has 0 aliphatic rings. The number of hydrogen-bond acceptors (Lipinski definition) is 3. The third-order valence-electron chi connectivity index (χ3n) is 4.58. The predicted octanol–water partition coefficient (Wildman–Crippen LogP) is 4.63. The second-order valence-corrected chi connectivity index (χ2v) is 7.81. The Kier molecular flexibility index (Phi) is 7.23. The molecule has 0 aliphatic carbocycles. The highest BCUT2D eigenvalue weighted by Crippen LogP contribution is 2.32. The molecule has 1 unspecified atom stereocenters. The van der Waals surface area contributed by atoms with E-state index in [1.165, 1.54) is 23.1 Å². The molecule has 30 heavy (non-hydrogen) atoms. The van der Waals surface area contributed by atoms with Gasteiger partial charge in [0.25, 0.3) is 11.8 Å². The summed E-state index contributed by atoms with van der Waals surface area (Å²) in [5, 5.41) is 2.83. The number of rotatable bonds is 6. The zero-order valence-electron chi connectivity index (χ0n) is 17.7. The largest absolute Gasteiger partial charge is 0.416 e. The molecule has 0 saturated heterocycles. The van der Waals surface area contributed by atoms with Crippen LogP contribution in [0, 0.1) is 12.8 Å². The Hall–Kier alpha value is -2.90. The first-order valence-corrected chi connectivity index (χ1v) is 9.57. The number of hydrogen-bond donors (Lipinski definition) is 1. The fourth-order valence-corrected chi connectivity index (χ4v) is 3.07. The summed E-state index contributed by atoms with van der Waals surface area (Å²) in [5.41, 5.74) is 0.480. The first-order chi connectivity index (χ1) is 13.9. The second-order valence-electron chi connectivity index (χ2n) is 7.81. The van der Waals surface area contributed by atoms with Gasteiger partial charge in [-0.1, -0.05) is 26.0 Å². The van der Waals surface area contributed by atoms with Crippen LogP contribution in [0.5, 0.6) is 0 Å². The number of pyridine rings is 1. The van der Waals surface area contributed by atoms with Crippen LogP contribution in [0.4, 0.5) is 13.2 Å². The summed E-state index contributed by atoms with van der Waals surface area (Å²) in [6.07, 6.45) is -3.99. The molecule has 5 nitrogen and oxygen atoms in total. The van der Waals surface area contributed by atoms with E-state index in [4.69, 9.17) is 0 Å². The number of nitrogens with zero attached hydrogens (tertiary/aromatic N) is 2. The molecule has 2 aromatic rings. The maximum Gasteiger partial charge on any atom is 0.416 e. The Labute approximate surface area is 174 Å². The lowest BCUT2D eigenvalue weighted by atomic mass is 9.95. The third-order valence-corrected chi connectivity index (χ3v) is 4.58. The summed E-state index contributed by atoms with van der Waals surface area (Å²) in [6, 6.07) is 7.36. The molecular weight excluding hydrogens is 395 g/mol. The van der Waals surface area contributed by atoms with Crippen LogP contribution in [0.1, 0.15) is 64.0 Å². The van der Waals surface area contributed by atoms with Gasteiger partial charge in [0.15, 0.2) is 0 Å². The smallest absolute Gasteiger partial charge is 0.345 e. The summed E-state index contributed by atoms with van der Waals surface area (Å²) in [7, 11) is 3.21. The van der Waals surface area contributed by atoms with Gasteiger partial charge in [0.2, 0.25) is 0 Å². The number of benzene rings is 1. The minimum Gasteiger partial charge on any atom is -0.345 e. The number of halogens is 3. The van der Waals surface area contributed by atoms with Crippen LogP contribution in [-0.2, 0) is 6.18 Å². The average Bonchev–Trinajstić information content (AvgIpc) is 2.65. The standard InChI is InChI=1S/C22H26F3N3O2/c1-13(2)11-19(15-7-6-8-16(12-15)22(23,24)25)27-20(29)17-9-10-18(26-14(17)3)21(30)28(4)5/h6-10,12-13,19H,11H2,1-5H3,(H,27,29). The lowest BCUT2D eigenvalue weighted by molar-refractivity contribution is -0.137. The molecule has 0 fully saturated rings. The molecule has 2 rings (SSSR count). The van der Waals surface area contributed by atoms with Crippen molar-refractivity contribution >= 4 is 11.8 Å². The number of nitrogens with one attached hydrogen (secondary N) is 1. The van der Waals surface area contributed by atoms with E-state index in [9.17, 15) is 22.8 Å². The number of amides is 2. The quantitative estimate of drug-likeness (QED) is 0.740. The van der Waals surface area contributed by atoms with E-state index in [-0.39, 0.29) is 23.1 Å². The lowest BCUT2D eigenvalue weighted by Gasteiger charge is -2.22. The maximum absolute atomic E-state index is 13.1. The van der Waals surface area contributed by atoms with E-state index in [2.05, 4.69) is 10.3 Å². The van der Waals surface area contributed by atoms with Crippen LogP contribution in [0.2, 0.25) is 0 Å². The van der Waals surface area contributed by atoms with Crippen molar-refractivity contribution in [3.05, 3.63) is 64.5 Å². The van der Waals surface area contributed by atoms with Crippen molar-refractivity contribution < 1.29 is 22.8 Å². The van der Waals surface area contributed by atoms with E-state index >= 15 is 0 Å². The molecule has 1 N–H and O–H groups in total. The van der Waals surface area contributed by atoms with Gasteiger partial charge in [-0.3, -0.25) is 9.59 Å². The second kappa shape index (κ2) is 9.28. The predicted molar refractivity (Wildman–Crippen MR) is 108 cm³/mol. The van der Waals surface area contributed by atoms with Gasteiger partial charge in [0.05, 0.1) is 22.9 Å². The van der Waals surface area contributed by atoms with Crippen LogP contribution in [0.3, 0.4) is 0 Å². The topological polar surface area (TPSA) is 62.3 Å². The minimum absolute atomic E-state index is 0.143. The van der Waals surface area contributed by atoms with Gasteiger partial charge in [0.1, 0.15) is 5.69 Å². The Morgan fingerprint density at radius 2 is 1.80 bits per heavy atom. The fourth-order valence-electron chi connectivity index (χ4n) is 3.07. The molecule has 1 atom stereocenters. The molecule has 0 bridgehead atoms. The van der Waals surface area contributed by atoms with Crippen molar-refractivity contribution in [2.24, 2.45) is 5.92 Å². The fraction of sp³-hybridized carbons (Fsp3) is 0.409. The Morgan fingerprint density at radius 3 is 2.33 bits per heavy atom. The average molecular weight is 421 g/mol. The molecule has 1 aromatic carbocycles. The highest BCUT2D eigenvalue weighted by Gasteiger charge is 2.31. The monoisotopic (exact) mass is 421 g/mol.